The minimum absolute atomic E-state index is 0.243. The molecule has 0 saturated heterocycles. The van der Waals surface area contributed by atoms with Gasteiger partial charge in [0.05, 0.1) is 0 Å². The van der Waals surface area contributed by atoms with Crippen LogP contribution in [0.4, 0.5) is 5.69 Å². The van der Waals surface area contributed by atoms with E-state index in [1.54, 1.807) is 0 Å². The van der Waals surface area contributed by atoms with Gasteiger partial charge in [-0.3, -0.25) is 0 Å². The second-order valence-corrected chi connectivity index (χ2v) is 5.00. The molecular weight excluding hydrogens is 220 g/mol. The molecule has 88 valence electrons. The molecule has 1 aliphatic heterocycles. The predicted molar refractivity (Wildman–Crippen MR) is 70.2 cm³/mol. The Labute approximate surface area is 102 Å². The lowest BCUT2D eigenvalue weighted by molar-refractivity contribution is 0.529. The lowest BCUT2D eigenvalue weighted by Crippen LogP contribution is -2.36. The number of benzene rings is 1. The Bertz CT molecular complexity index is 376. The number of nitrogens with two attached hydrogens (primary N) is 1. The quantitative estimate of drug-likeness (QED) is 0.878. The third kappa shape index (κ3) is 2.04. The van der Waals surface area contributed by atoms with Crippen LogP contribution < -0.4 is 10.6 Å². The van der Waals surface area contributed by atoms with E-state index in [1.807, 2.05) is 12.1 Å². The maximum absolute atomic E-state index is 6.24. The van der Waals surface area contributed by atoms with Crippen LogP contribution in [-0.4, -0.2) is 18.6 Å². The van der Waals surface area contributed by atoms with Gasteiger partial charge in [0.2, 0.25) is 0 Å². The summed E-state index contributed by atoms with van der Waals surface area (Å²) in [5, 5.41) is 0.892. The van der Waals surface area contributed by atoms with Crippen LogP contribution in [0, 0.1) is 0 Å². The molecule has 3 heteroatoms. The number of fused-ring (bicyclic) bond motifs is 1. The van der Waals surface area contributed by atoms with Gasteiger partial charge in [-0.05, 0) is 44.4 Å². The number of likely N-dealkylation sites (N-methyl/N-ethyl adjacent to an activating group) is 1. The number of hydrogen-bond donors (Lipinski definition) is 1. The fourth-order valence-electron chi connectivity index (χ4n) is 2.63. The lowest BCUT2D eigenvalue weighted by atomic mass is 10.0. The summed E-state index contributed by atoms with van der Waals surface area (Å²) in [4.78, 5) is 2.42. The Balaban J connectivity index is 2.28. The van der Waals surface area contributed by atoms with Crippen molar-refractivity contribution in [2.75, 3.05) is 11.4 Å². The summed E-state index contributed by atoms with van der Waals surface area (Å²) < 4.78 is 0. The Morgan fingerprint density at radius 2 is 2.31 bits per heavy atom. The fourth-order valence-corrected chi connectivity index (χ4v) is 2.88. The average Bonchev–Trinajstić information content (AvgIpc) is 2.56. The number of nitrogens with zero attached hydrogens (tertiary/aromatic N) is 1. The first-order valence-electron chi connectivity index (χ1n) is 5.93. The standard InChI is InChI=1S/C13H19ClN2/c1-3-16-10(7-9(2)15)8-11-12(14)5-4-6-13(11)16/h4-6,9-10H,3,7-8,15H2,1-2H3. The van der Waals surface area contributed by atoms with E-state index in [2.05, 4.69) is 24.8 Å². The Kier molecular flexibility index (Phi) is 3.41. The van der Waals surface area contributed by atoms with Crippen molar-refractivity contribution in [2.45, 2.75) is 38.8 Å². The summed E-state index contributed by atoms with van der Waals surface area (Å²) in [6.45, 7) is 5.27. The van der Waals surface area contributed by atoms with E-state index in [9.17, 15) is 0 Å². The predicted octanol–water partition coefficient (Wildman–Crippen LogP) is 2.83. The monoisotopic (exact) mass is 238 g/mol. The van der Waals surface area contributed by atoms with Crippen molar-refractivity contribution in [3.8, 4) is 0 Å². The maximum Gasteiger partial charge on any atom is 0.0459 e. The number of anilines is 1. The van der Waals surface area contributed by atoms with Crippen molar-refractivity contribution in [1.82, 2.24) is 0 Å². The van der Waals surface area contributed by atoms with E-state index in [0.29, 0.717) is 6.04 Å². The zero-order chi connectivity index (χ0) is 11.7. The maximum atomic E-state index is 6.24. The summed E-state index contributed by atoms with van der Waals surface area (Å²) in [5.41, 5.74) is 8.48. The molecule has 2 rings (SSSR count). The van der Waals surface area contributed by atoms with Crippen LogP contribution in [0.15, 0.2) is 18.2 Å². The van der Waals surface area contributed by atoms with Crippen LogP contribution in [0.25, 0.3) is 0 Å². The number of halogens is 1. The summed E-state index contributed by atoms with van der Waals surface area (Å²) in [5.74, 6) is 0. The van der Waals surface area contributed by atoms with Gasteiger partial charge in [0, 0.05) is 29.3 Å². The van der Waals surface area contributed by atoms with E-state index in [0.717, 1.165) is 24.4 Å². The van der Waals surface area contributed by atoms with E-state index < -0.39 is 0 Å². The molecule has 2 unspecified atom stereocenters. The van der Waals surface area contributed by atoms with Gasteiger partial charge < -0.3 is 10.6 Å². The number of rotatable bonds is 3. The Hall–Kier alpha value is -0.730. The van der Waals surface area contributed by atoms with Gasteiger partial charge in [-0.15, -0.1) is 0 Å². The van der Waals surface area contributed by atoms with Gasteiger partial charge in [0.15, 0.2) is 0 Å². The average molecular weight is 239 g/mol. The normalized spacial score (nSPS) is 21.0. The van der Waals surface area contributed by atoms with Gasteiger partial charge >= 0.3 is 0 Å². The molecule has 0 amide bonds. The first kappa shape index (κ1) is 11.7. The topological polar surface area (TPSA) is 29.3 Å². The molecule has 0 saturated carbocycles. The van der Waals surface area contributed by atoms with Crippen molar-refractivity contribution in [3.05, 3.63) is 28.8 Å². The highest BCUT2D eigenvalue weighted by Gasteiger charge is 2.29. The molecule has 2 atom stereocenters. The van der Waals surface area contributed by atoms with E-state index in [1.165, 1.54) is 11.3 Å². The molecule has 0 spiro atoms. The van der Waals surface area contributed by atoms with Gasteiger partial charge in [-0.25, -0.2) is 0 Å². The second kappa shape index (κ2) is 4.64. The first-order valence-corrected chi connectivity index (χ1v) is 6.31. The second-order valence-electron chi connectivity index (χ2n) is 4.59. The Morgan fingerprint density at radius 3 is 2.94 bits per heavy atom. The molecule has 0 aromatic heterocycles. The van der Waals surface area contributed by atoms with Crippen LogP contribution in [0.3, 0.4) is 0 Å². The minimum Gasteiger partial charge on any atom is -0.368 e. The highest BCUT2D eigenvalue weighted by Crippen LogP contribution is 2.37. The largest absolute Gasteiger partial charge is 0.368 e. The lowest BCUT2D eigenvalue weighted by Gasteiger charge is -2.27. The molecular formula is C13H19ClN2. The smallest absolute Gasteiger partial charge is 0.0459 e. The molecule has 0 aliphatic carbocycles. The highest BCUT2D eigenvalue weighted by atomic mass is 35.5. The molecule has 0 radical (unpaired) electrons. The molecule has 16 heavy (non-hydrogen) atoms. The van der Waals surface area contributed by atoms with Crippen LogP contribution in [0.5, 0.6) is 0 Å². The molecule has 0 fully saturated rings. The summed E-state index contributed by atoms with van der Waals surface area (Å²) in [7, 11) is 0. The van der Waals surface area contributed by atoms with E-state index in [-0.39, 0.29) is 6.04 Å². The summed E-state index contributed by atoms with van der Waals surface area (Å²) in [6, 6.07) is 6.92. The van der Waals surface area contributed by atoms with Crippen LogP contribution in [-0.2, 0) is 6.42 Å². The minimum atomic E-state index is 0.243. The molecule has 2 N–H and O–H groups in total. The van der Waals surface area contributed by atoms with E-state index in [4.69, 9.17) is 17.3 Å². The van der Waals surface area contributed by atoms with Gasteiger partial charge in [-0.2, -0.15) is 0 Å². The molecule has 1 heterocycles. The van der Waals surface area contributed by atoms with Crippen LogP contribution in [0.2, 0.25) is 5.02 Å². The molecule has 0 bridgehead atoms. The van der Waals surface area contributed by atoms with Crippen molar-refractivity contribution < 1.29 is 0 Å². The molecule has 1 aliphatic rings. The Morgan fingerprint density at radius 1 is 1.56 bits per heavy atom. The van der Waals surface area contributed by atoms with Crippen molar-refractivity contribution >= 4 is 17.3 Å². The fraction of sp³-hybridized carbons (Fsp3) is 0.538. The molecule has 1 aromatic rings. The van der Waals surface area contributed by atoms with Crippen LogP contribution >= 0.6 is 11.6 Å². The SMILES string of the molecule is CCN1c2cccc(Cl)c2CC1CC(C)N. The zero-order valence-corrected chi connectivity index (χ0v) is 10.7. The molecule has 2 nitrogen and oxygen atoms in total. The first-order chi connectivity index (χ1) is 7.63. The van der Waals surface area contributed by atoms with Crippen molar-refractivity contribution in [1.29, 1.82) is 0 Å². The third-order valence-corrected chi connectivity index (χ3v) is 3.62. The van der Waals surface area contributed by atoms with Gasteiger partial charge in [0.25, 0.3) is 0 Å². The van der Waals surface area contributed by atoms with Gasteiger partial charge in [0.1, 0.15) is 0 Å². The van der Waals surface area contributed by atoms with Crippen molar-refractivity contribution in [3.63, 3.8) is 0 Å². The van der Waals surface area contributed by atoms with Gasteiger partial charge in [-0.1, -0.05) is 17.7 Å². The summed E-state index contributed by atoms with van der Waals surface area (Å²) in [6.07, 6.45) is 2.06. The van der Waals surface area contributed by atoms with Crippen molar-refractivity contribution in [2.24, 2.45) is 5.73 Å². The highest BCUT2D eigenvalue weighted by molar-refractivity contribution is 6.31. The summed E-state index contributed by atoms with van der Waals surface area (Å²) >= 11 is 6.24. The molecule has 1 aromatic carbocycles. The number of hydrogen-bond acceptors (Lipinski definition) is 2. The van der Waals surface area contributed by atoms with E-state index >= 15 is 0 Å². The zero-order valence-electron chi connectivity index (χ0n) is 9.91. The van der Waals surface area contributed by atoms with Crippen LogP contribution in [0.1, 0.15) is 25.8 Å². The third-order valence-electron chi connectivity index (χ3n) is 3.27.